The lowest BCUT2D eigenvalue weighted by Gasteiger charge is -2.20. The van der Waals surface area contributed by atoms with Crippen LogP contribution in [0.15, 0.2) is 23.1 Å². The third-order valence-electron chi connectivity index (χ3n) is 3.97. The van der Waals surface area contributed by atoms with Crippen molar-refractivity contribution < 1.29 is 4.79 Å². The summed E-state index contributed by atoms with van der Waals surface area (Å²) in [7, 11) is 2.07. The van der Waals surface area contributed by atoms with Crippen LogP contribution in [0.2, 0.25) is 0 Å². The molecule has 1 aliphatic rings. The molecule has 0 atom stereocenters. The number of hydrogen-bond acceptors (Lipinski definition) is 5. The highest BCUT2D eigenvalue weighted by Crippen LogP contribution is 2.27. The quantitative estimate of drug-likeness (QED) is 0.922. The topological polar surface area (TPSA) is 67.2 Å². The minimum absolute atomic E-state index is 0.156. The number of nitrogens with one attached hydrogen (secondary N) is 1. The summed E-state index contributed by atoms with van der Waals surface area (Å²) in [5, 5.41) is 3.36. The summed E-state index contributed by atoms with van der Waals surface area (Å²) < 4.78 is 1.58. The predicted octanol–water partition coefficient (Wildman–Crippen LogP) is 2.20. The van der Waals surface area contributed by atoms with Crippen molar-refractivity contribution in [3.8, 4) is 0 Å². The Morgan fingerprint density at radius 1 is 1.46 bits per heavy atom. The zero-order chi connectivity index (χ0) is 17.3. The Bertz CT molecular complexity index is 809. The molecule has 0 aliphatic carbocycles. The molecule has 0 saturated heterocycles. The summed E-state index contributed by atoms with van der Waals surface area (Å²) in [4.78, 5) is 32.9. The van der Waals surface area contributed by atoms with Crippen LogP contribution in [0.5, 0.6) is 0 Å². The van der Waals surface area contributed by atoms with Crippen molar-refractivity contribution in [1.29, 1.82) is 0 Å². The number of thiazole rings is 1. The molecule has 128 valence electrons. The third kappa shape index (κ3) is 3.57. The Labute approximate surface area is 145 Å². The average Bonchev–Trinajstić information content (AvgIpc) is 2.90. The van der Waals surface area contributed by atoms with Gasteiger partial charge in [0.15, 0.2) is 5.13 Å². The highest BCUT2D eigenvalue weighted by Gasteiger charge is 2.20. The molecule has 0 radical (unpaired) electrons. The van der Waals surface area contributed by atoms with Gasteiger partial charge in [0.2, 0.25) is 0 Å². The van der Waals surface area contributed by atoms with Crippen LogP contribution in [0.1, 0.15) is 34.8 Å². The number of likely N-dealkylation sites (N-methyl/N-ethyl adjacent to an activating group) is 1. The molecule has 6 nitrogen and oxygen atoms in total. The number of fused-ring (bicyclic) bond motifs is 1. The van der Waals surface area contributed by atoms with Crippen LogP contribution in [0.3, 0.4) is 0 Å². The number of aromatic nitrogens is 2. The lowest BCUT2D eigenvalue weighted by molar-refractivity contribution is 0.102. The molecule has 3 rings (SSSR count). The Balaban J connectivity index is 1.80. The van der Waals surface area contributed by atoms with Crippen LogP contribution < -0.4 is 10.9 Å². The zero-order valence-corrected chi connectivity index (χ0v) is 15.0. The fourth-order valence-corrected chi connectivity index (χ4v) is 3.87. The second kappa shape index (κ2) is 6.86. The van der Waals surface area contributed by atoms with Gasteiger partial charge in [0.05, 0.1) is 5.69 Å². The maximum atomic E-state index is 12.5. The number of anilines is 1. The molecular weight excluding hydrogens is 324 g/mol. The van der Waals surface area contributed by atoms with Gasteiger partial charge < -0.3 is 9.47 Å². The van der Waals surface area contributed by atoms with Crippen molar-refractivity contribution in [2.75, 3.05) is 18.9 Å². The van der Waals surface area contributed by atoms with Gasteiger partial charge in [-0.3, -0.25) is 14.9 Å². The molecule has 0 fully saturated rings. The molecule has 3 heterocycles. The number of carbonyl (C=O) groups excluding carboxylic acids is 1. The highest BCUT2D eigenvalue weighted by atomic mass is 32.1. The lowest BCUT2D eigenvalue weighted by Crippen LogP contribution is -2.29. The van der Waals surface area contributed by atoms with Crippen molar-refractivity contribution >= 4 is 22.4 Å². The minimum Gasteiger partial charge on any atom is -0.315 e. The van der Waals surface area contributed by atoms with E-state index in [0.29, 0.717) is 17.6 Å². The number of carbonyl (C=O) groups is 1. The summed E-state index contributed by atoms with van der Waals surface area (Å²) in [5.41, 5.74) is 0.951. The van der Waals surface area contributed by atoms with Gasteiger partial charge in [-0.25, -0.2) is 4.98 Å². The smallest absolute Gasteiger partial charge is 0.263 e. The lowest BCUT2D eigenvalue weighted by atomic mass is 10.2. The molecule has 2 aromatic rings. The summed E-state index contributed by atoms with van der Waals surface area (Å²) in [5.74, 6) is -0.0544. The van der Waals surface area contributed by atoms with Crippen LogP contribution in [0.25, 0.3) is 0 Å². The molecule has 1 aliphatic heterocycles. The molecule has 0 spiro atoms. The number of nitrogens with zero attached hydrogens (tertiary/aromatic N) is 3. The molecule has 2 aromatic heterocycles. The Morgan fingerprint density at radius 2 is 2.25 bits per heavy atom. The largest absolute Gasteiger partial charge is 0.315 e. The first-order chi connectivity index (χ1) is 11.4. The second-order valence-corrected chi connectivity index (χ2v) is 7.69. The standard InChI is InChI=1S/C17H22N4O2S/c1-11(2)9-21-7-4-5-12(16(21)23)15(22)19-17-18-13-6-8-20(3)10-14(13)24-17/h4-5,7,11H,6,8-10H2,1-3H3,(H,18,19,22). The van der Waals surface area contributed by atoms with Crippen LogP contribution in [0, 0.1) is 5.92 Å². The molecule has 1 amide bonds. The molecule has 0 aromatic carbocycles. The van der Waals surface area contributed by atoms with Crippen molar-refractivity contribution in [1.82, 2.24) is 14.5 Å². The molecule has 1 N–H and O–H groups in total. The number of rotatable bonds is 4. The van der Waals surface area contributed by atoms with E-state index in [1.165, 1.54) is 16.2 Å². The maximum Gasteiger partial charge on any atom is 0.263 e. The summed E-state index contributed by atoms with van der Waals surface area (Å²) in [6, 6.07) is 3.30. The summed E-state index contributed by atoms with van der Waals surface area (Å²) in [6.07, 6.45) is 2.61. The van der Waals surface area contributed by atoms with E-state index in [1.807, 2.05) is 13.8 Å². The maximum absolute atomic E-state index is 12.5. The Kier molecular flexibility index (Phi) is 4.82. The van der Waals surface area contributed by atoms with Crippen LogP contribution in [-0.4, -0.2) is 34.0 Å². The minimum atomic E-state index is -0.391. The van der Waals surface area contributed by atoms with Gasteiger partial charge in [-0.2, -0.15) is 0 Å². The number of amides is 1. The fourth-order valence-electron chi connectivity index (χ4n) is 2.79. The van der Waals surface area contributed by atoms with E-state index in [0.717, 1.165) is 25.2 Å². The Morgan fingerprint density at radius 3 is 3.00 bits per heavy atom. The average molecular weight is 346 g/mol. The van der Waals surface area contributed by atoms with E-state index in [1.54, 1.807) is 22.9 Å². The van der Waals surface area contributed by atoms with Gasteiger partial charge in [-0.05, 0) is 25.1 Å². The third-order valence-corrected chi connectivity index (χ3v) is 4.97. The second-order valence-electron chi connectivity index (χ2n) is 6.60. The van der Waals surface area contributed by atoms with Gasteiger partial charge in [-0.1, -0.05) is 13.8 Å². The first kappa shape index (κ1) is 16.9. The number of pyridine rings is 1. The van der Waals surface area contributed by atoms with Crippen LogP contribution >= 0.6 is 11.3 Å². The van der Waals surface area contributed by atoms with E-state index in [9.17, 15) is 9.59 Å². The fraction of sp³-hybridized carbons (Fsp3) is 0.471. The molecule has 0 saturated carbocycles. The first-order valence-electron chi connectivity index (χ1n) is 8.12. The normalized spacial score (nSPS) is 14.7. The predicted molar refractivity (Wildman–Crippen MR) is 95.6 cm³/mol. The molecular formula is C17H22N4O2S. The monoisotopic (exact) mass is 346 g/mol. The number of hydrogen-bond donors (Lipinski definition) is 1. The zero-order valence-electron chi connectivity index (χ0n) is 14.2. The summed E-state index contributed by atoms with van der Waals surface area (Å²) in [6.45, 7) is 6.50. The molecule has 0 unspecified atom stereocenters. The van der Waals surface area contributed by atoms with E-state index < -0.39 is 5.91 Å². The van der Waals surface area contributed by atoms with Crippen molar-refractivity contribution in [2.24, 2.45) is 5.92 Å². The van der Waals surface area contributed by atoms with E-state index >= 15 is 0 Å². The van der Waals surface area contributed by atoms with Gasteiger partial charge in [0, 0.05) is 37.1 Å². The van der Waals surface area contributed by atoms with E-state index in [2.05, 4.69) is 22.2 Å². The SMILES string of the molecule is CC(C)Cn1cccc(C(=O)Nc2nc3c(s2)CN(C)CC3)c1=O. The van der Waals surface area contributed by atoms with E-state index in [-0.39, 0.29) is 11.1 Å². The highest BCUT2D eigenvalue weighted by molar-refractivity contribution is 7.15. The molecule has 24 heavy (non-hydrogen) atoms. The molecule has 7 heteroatoms. The van der Waals surface area contributed by atoms with Gasteiger partial charge >= 0.3 is 0 Å². The van der Waals surface area contributed by atoms with E-state index in [4.69, 9.17) is 0 Å². The Hall–Kier alpha value is -1.99. The van der Waals surface area contributed by atoms with Gasteiger partial charge in [0.1, 0.15) is 5.56 Å². The van der Waals surface area contributed by atoms with Crippen molar-refractivity contribution in [2.45, 2.75) is 33.4 Å². The van der Waals surface area contributed by atoms with Crippen LogP contribution in [0.4, 0.5) is 5.13 Å². The summed E-state index contributed by atoms with van der Waals surface area (Å²) >= 11 is 1.49. The first-order valence-corrected chi connectivity index (χ1v) is 8.93. The van der Waals surface area contributed by atoms with Gasteiger partial charge in [-0.15, -0.1) is 11.3 Å². The van der Waals surface area contributed by atoms with Crippen LogP contribution in [-0.2, 0) is 19.5 Å². The van der Waals surface area contributed by atoms with Crippen molar-refractivity contribution in [3.63, 3.8) is 0 Å². The van der Waals surface area contributed by atoms with Crippen molar-refractivity contribution in [3.05, 3.63) is 44.8 Å². The van der Waals surface area contributed by atoms with Gasteiger partial charge in [0.25, 0.3) is 11.5 Å². The molecule has 0 bridgehead atoms.